The molecule has 0 radical (unpaired) electrons. The van der Waals surface area contributed by atoms with Crippen LogP contribution < -0.4 is 5.32 Å². The van der Waals surface area contributed by atoms with Crippen molar-refractivity contribution in [2.45, 2.75) is 31.3 Å². The summed E-state index contributed by atoms with van der Waals surface area (Å²) in [7, 11) is 2.25. The first kappa shape index (κ1) is 6.62. The van der Waals surface area contributed by atoms with Gasteiger partial charge < -0.3 is 10.2 Å². The molecule has 0 spiro atoms. The van der Waals surface area contributed by atoms with E-state index in [-0.39, 0.29) is 0 Å². The zero-order valence-electron chi connectivity index (χ0n) is 6.64. The van der Waals surface area contributed by atoms with Crippen LogP contribution in [0.3, 0.4) is 0 Å². The van der Waals surface area contributed by atoms with Gasteiger partial charge in [0.15, 0.2) is 0 Å². The van der Waals surface area contributed by atoms with Crippen molar-refractivity contribution >= 4 is 0 Å². The third kappa shape index (κ3) is 1.06. The number of likely N-dealkylation sites (N-methyl/N-ethyl adjacent to an activating group) is 1. The number of nitrogens with one attached hydrogen (secondary N) is 1. The molecule has 10 heavy (non-hydrogen) atoms. The Hall–Kier alpha value is -0.0800. The molecule has 2 nitrogen and oxygen atoms in total. The van der Waals surface area contributed by atoms with E-state index >= 15 is 0 Å². The molecule has 0 aromatic rings. The second-order valence-corrected chi connectivity index (χ2v) is 3.63. The second kappa shape index (κ2) is 2.51. The van der Waals surface area contributed by atoms with Crippen molar-refractivity contribution in [3.8, 4) is 0 Å². The molecule has 1 N–H and O–H groups in total. The lowest BCUT2D eigenvalue weighted by Crippen LogP contribution is -2.52. The molecule has 0 aromatic carbocycles. The summed E-state index contributed by atoms with van der Waals surface area (Å²) in [5.74, 6) is 0. The van der Waals surface area contributed by atoms with Gasteiger partial charge in [-0.2, -0.15) is 0 Å². The molecule has 0 saturated carbocycles. The molecule has 2 atom stereocenters. The van der Waals surface area contributed by atoms with Crippen LogP contribution in [0.4, 0.5) is 0 Å². The van der Waals surface area contributed by atoms with Crippen molar-refractivity contribution in [2.75, 3.05) is 20.1 Å². The molecule has 3 saturated heterocycles. The van der Waals surface area contributed by atoms with E-state index in [2.05, 4.69) is 17.3 Å². The summed E-state index contributed by atoms with van der Waals surface area (Å²) in [4.78, 5) is 2.51. The summed E-state index contributed by atoms with van der Waals surface area (Å²) in [6, 6.07) is 1.63. The molecule has 0 aromatic heterocycles. The van der Waals surface area contributed by atoms with Gasteiger partial charge in [0.25, 0.3) is 0 Å². The minimum Gasteiger partial charge on any atom is -0.311 e. The Bertz CT molecular complexity index is 120. The maximum Gasteiger partial charge on any atom is 0.0218 e. The van der Waals surface area contributed by atoms with Gasteiger partial charge in [-0.05, 0) is 19.9 Å². The average Bonchev–Trinajstić information content (AvgIpc) is 2.20. The Morgan fingerprint density at radius 3 is 3.10 bits per heavy atom. The normalized spacial score (nSPS) is 41.7. The van der Waals surface area contributed by atoms with Crippen molar-refractivity contribution < 1.29 is 0 Å². The molecule has 3 fully saturated rings. The highest BCUT2D eigenvalue weighted by atomic mass is 15.2. The van der Waals surface area contributed by atoms with Gasteiger partial charge in [-0.25, -0.2) is 0 Å². The average molecular weight is 140 g/mol. The third-order valence-corrected chi connectivity index (χ3v) is 2.86. The standard InChI is InChI=1S/C8H16N2/c1-10-6-7-3-2-4-8(10)5-9-7/h7-9H,2-6H2,1H3. The SMILES string of the molecule is CN1CC2CCCC1CN2. The van der Waals surface area contributed by atoms with Crippen LogP contribution in [-0.4, -0.2) is 37.1 Å². The predicted octanol–water partition coefficient (Wildman–Crippen LogP) is 0.442. The highest BCUT2D eigenvalue weighted by molar-refractivity contribution is 4.88. The number of nitrogens with zero attached hydrogens (tertiary/aromatic N) is 1. The highest BCUT2D eigenvalue weighted by Crippen LogP contribution is 2.19. The van der Waals surface area contributed by atoms with Crippen LogP contribution in [0, 0.1) is 0 Å². The molecular formula is C8H16N2. The van der Waals surface area contributed by atoms with Gasteiger partial charge in [0.05, 0.1) is 0 Å². The lowest BCUT2D eigenvalue weighted by Gasteiger charge is -2.34. The van der Waals surface area contributed by atoms with Gasteiger partial charge in [0, 0.05) is 25.2 Å². The van der Waals surface area contributed by atoms with Crippen molar-refractivity contribution in [3.05, 3.63) is 0 Å². The molecule has 3 aliphatic heterocycles. The van der Waals surface area contributed by atoms with Crippen LogP contribution in [-0.2, 0) is 0 Å². The summed E-state index contributed by atoms with van der Waals surface area (Å²) in [5.41, 5.74) is 0. The fourth-order valence-electron chi connectivity index (χ4n) is 2.14. The Morgan fingerprint density at radius 2 is 2.30 bits per heavy atom. The minimum absolute atomic E-state index is 0.795. The Kier molecular flexibility index (Phi) is 1.66. The van der Waals surface area contributed by atoms with Crippen molar-refractivity contribution in [1.29, 1.82) is 0 Å². The lowest BCUT2D eigenvalue weighted by molar-refractivity contribution is 0.180. The van der Waals surface area contributed by atoms with Gasteiger partial charge in [-0.1, -0.05) is 6.42 Å². The van der Waals surface area contributed by atoms with Gasteiger partial charge in [0.2, 0.25) is 0 Å². The molecule has 2 bridgehead atoms. The third-order valence-electron chi connectivity index (χ3n) is 2.86. The van der Waals surface area contributed by atoms with Crippen LogP contribution in [0.25, 0.3) is 0 Å². The number of hydrogen-bond acceptors (Lipinski definition) is 2. The van der Waals surface area contributed by atoms with Crippen LogP contribution in [0.5, 0.6) is 0 Å². The Morgan fingerprint density at radius 1 is 1.40 bits per heavy atom. The zero-order valence-corrected chi connectivity index (χ0v) is 6.64. The largest absolute Gasteiger partial charge is 0.311 e. The van der Waals surface area contributed by atoms with Gasteiger partial charge in [-0.3, -0.25) is 0 Å². The van der Waals surface area contributed by atoms with Gasteiger partial charge >= 0.3 is 0 Å². The lowest BCUT2D eigenvalue weighted by atomic mass is 10.1. The summed E-state index contributed by atoms with van der Waals surface area (Å²) in [5, 5.41) is 3.57. The fraction of sp³-hybridized carbons (Fsp3) is 1.00. The van der Waals surface area contributed by atoms with E-state index in [1.165, 1.54) is 32.4 Å². The molecule has 3 rings (SSSR count). The Balaban J connectivity index is 2.07. The summed E-state index contributed by atoms with van der Waals surface area (Å²) in [6.07, 6.45) is 4.22. The van der Waals surface area contributed by atoms with E-state index < -0.39 is 0 Å². The first-order valence-corrected chi connectivity index (χ1v) is 4.30. The van der Waals surface area contributed by atoms with Crippen LogP contribution in [0.15, 0.2) is 0 Å². The van der Waals surface area contributed by atoms with Crippen molar-refractivity contribution in [1.82, 2.24) is 10.2 Å². The zero-order chi connectivity index (χ0) is 6.97. The summed E-state index contributed by atoms with van der Waals surface area (Å²) < 4.78 is 0. The maximum atomic E-state index is 3.57. The number of fused-ring (bicyclic) bond motifs is 4. The van der Waals surface area contributed by atoms with Gasteiger partial charge in [-0.15, -0.1) is 0 Å². The maximum absolute atomic E-state index is 3.57. The number of rotatable bonds is 0. The quantitative estimate of drug-likeness (QED) is 0.525. The fourth-order valence-corrected chi connectivity index (χ4v) is 2.14. The molecule has 0 aliphatic carbocycles. The number of hydrogen-bond donors (Lipinski definition) is 1. The summed E-state index contributed by atoms with van der Waals surface area (Å²) in [6.45, 7) is 2.49. The number of piperazine rings is 1. The molecule has 3 aliphatic rings. The molecule has 58 valence electrons. The van der Waals surface area contributed by atoms with E-state index in [4.69, 9.17) is 0 Å². The molecule has 2 unspecified atom stereocenters. The molecular weight excluding hydrogens is 124 g/mol. The van der Waals surface area contributed by atoms with Crippen LogP contribution >= 0.6 is 0 Å². The van der Waals surface area contributed by atoms with E-state index in [1.807, 2.05) is 0 Å². The molecule has 3 heterocycles. The second-order valence-electron chi connectivity index (χ2n) is 3.63. The highest BCUT2D eigenvalue weighted by Gasteiger charge is 2.27. The van der Waals surface area contributed by atoms with E-state index in [0.29, 0.717) is 0 Å². The van der Waals surface area contributed by atoms with E-state index in [1.54, 1.807) is 0 Å². The van der Waals surface area contributed by atoms with Gasteiger partial charge in [0.1, 0.15) is 0 Å². The topological polar surface area (TPSA) is 15.3 Å². The van der Waals surface area contributed by atoms with E-state index in [0.717, 1.165) is 12.1 Å². The predicted molar refractivity (Wildman–Crippen MR) is 42.1 cm³/mol. The van der Waals surface area contributed by atoms with E-state index in [9.17, 15) is 0 Å². The smallest absolute Gasteiger partial charge is 0.0218 e. The monoisotopic (exact) mass is 140 g/mol. The van der Waals surface area contributed by atoms with Crippen LogP contribution in [0.1, 0.15) is 19.3 Å². The minimum atomic E-state index is 0.795. The first-order valence-electron chi connectivity index (χ1n) is 4.30. The van der Waals surface area contributed by atoms with Crippen LogP contribution in [0.2, 0.25) is 0 Å². The molecule has 0 amide bonds. The van der Waals surface area contributed by atoms with Crippen molar-refractivity contribution in [3.63, 3.8) is 0 Å². The Labute approximate surface area is 62.6 Å². The van der Waals surface area contributed by atoms with Crippen molar-refractivity contribution in [2.24, 2.45) is 0 Å². The first-order chi connectivity index (χ1) is 4.86. The summed E-state index contributed by atoms with van der Waals surface area (Å²) >= 11 is 0. The molecule has 2 heteroatoms.